The molecule has 0 unspecified atom stereocenters. The number of aliphatic imine (C=N–C) groups is 2. The first-order chi connectivity index (χ1) is 4.27. The van der Waals surface area contributed by atoms with Gasteiger partial charge in [-0.1, -0.05) is 0 Å². The van der Waals surface area contributed by atoms with Crippen LogP contribution in [0.3, 0.4) is 0 Å². The van der Waals surface area contributed by atoms with Crippen molar-refractivity contribution in [3.63, 3.8) is 0 Å². The molecule has 5 heteroatoms. The van der Waals surface area contributed by atoms with Crippen LogP contribution in [0.25, 0.3) is 0 Å². The highest BCUT2D eigenvalue weighted by molar-refractivity contribution is 5.78. The maximum Gasteiger partial charge on any atom is 0.239 e. The average Bonchev–Trinajstić information content (AvgIpc) is 1.80. The standard InChI is InChI=1S/C4H8N4O/c5-2-8-3-7-1-4(6)9/h2-3H,1H2,(H2,6,9)(H2,5,7,8). The van der Waals surface area contributed by atoms with Gasteiger partial charge in [0.15, 0.2) is 0 Å². The van der Waals surface area contributed by atoms with E-state index in [1.807, 2.05) is 0 Å². The Labute approximate surface area is 52.5 Å². The highest BCUT2D eigenvalue weighted by Crippen LogP contribution is 1.64. The molecule has 0 bridgehead atoms. The number of nitrogens with two attached hydrogens (primary N) is 2. The van der Waals surface area contributed by atoms with E-state index < -0.39 is 5.91 Å². The van der Waals surface area contributed by atoms with Gasteiger partial charge < -0.3 is 11.5 Å². The highest BCUT2D eigenvalue weighted by Gasteiger charge is 1.84. The molecule has 0 radical (unpaired) electrons. The van der Waals surface area contributed by atoms with Crippen LogP contribution in [-0.4, -0.2) is 25.1 Å². The first kappa shape index (κ1) is 7.61. The predicted molar refractivity (Wildman–Crippen MR) is 35.2 cm³/mol. The first-order valence-corrected chi connectivity index (χ1v) is 2.27. The molecule has 0 fully saturated rings. The number of rotatable bonds is 3. The third-order valence-electron chi connectivity index (χ3n) is 0.482. The Balaban J connectivity index is 3.36. The molecule has 0 saturated heterocycles. The Hall–Kier alpha value is -1.39. The smallest absolute Gasteiger partial charge is 0.239 e. The minimum atomic E-state index is -0.488. The molecule has 0 aliphatic carbocycles. The Kier molecular flexibility index (Phi) is 4.03. The lowest BCUT2D eigenvalue weighted by molar-refractivity contribution is -0.116. The number of carbonyl (C=O) groups excluding carboxylic acids is 1. The van der Waals surface area contributed by atoms with Gasteiger partial charge in [-0.2, -0.15) is 0 Å². The number of carbonyl (C=O) groups is 1. The van der Waals surface area contributed by atoms with Crippen molar-refractivity contribution in [3.8, 4) is 0 Å². The maximum absolute atomic E-state index is 9.99. The molecular weight excluding hydrogens is 120 g/mol. The van der Waals surface area contributed by atoms with Gasteiger partial charge in [0.1, 0.15) is 12.9 Å². The number of primary amides is 1. The van der Waals surface area contributed by atoms with E-state index in [9.17, 15) is 4.79 Å². The summed E-state index contributed by atoms with van der Waals surface area (Å²) in [6.07, 6.45) is 2.25. The zero-order valence-corrected chi connectivity index (χ0v) is 4.82. The van der Waals surface area contributed by atoms with E-state index in [1.165, 1.54) is 6.34 Å². The molecule has 0 atom stereocenters. The Morgan fingerprint density at radius 3 is 2.78 bits per heavy atom. The van der Waals surface area contributed by atoms with Crippen LogP contribution in [0.1, 0.15) is 0 Å². The second-order valence-electron chi connectivity index (χ2n) is 1.22. The van der Waals surface area contributed by atoms with Crippen LogP contribution in [0, 0.1) is 0 Å². The van der Waals surface area contributed by atoms with Crippen LogP contribution >= 0.6 is 0 Å². The number of nitrogens with zero attached hydrogens (tertiary/aromatic N) is 2. The van der Waals surface area contributed by atoms with Crippen molar-refractivity contribution >= 4 is 18.6 Å². The largest absolute Gasteiger partial charge is 0.390 e. The van der Waals surface area contributed by atoms with Gasteiger partial charge in [-0.3, -0.25) is 9.79 Å². The van der Waals surface area contributed by atoms with E-state index in [4.69, 9.17) is 11.5 Å². The summed E-state index contributed by atoms with van der Waals surface area (Å²) in [4.78, 5) is 16.9. The summed E-state index contributed by atoms with van der Waals surface area (Å²) < 4.78 is 0. The van der Waals surface area contributed by atoms with Crippen molar-refractivity contribution in [1.82, 2.24) is 0 Å². The van der Waals surface area contributed by atoms with Gasteiger partial charge in [-0.25, -0.2) is 4.99 Å². The van der Waals surface area contributed by atoms with E-state index in [0.29, 0.717) is 0 Å². The number of hydrogen-bond donors (Lipinski definition) is 2. The molecule has 0 aliphatic rings. The molecule has 4 N–H and O–H groups in total. The molecule has 50 valence electrons. The molecule has 0 aromatic carbocycles. The quantitative estimate of drug-likeness (QED) is 0.357. The van der Waals surface area contributed by atoms with Crippen LogP contribution in [0.15, 0.2) is 9.98 Å². The Bertz CT molecular complexity index is 140. The van der Waals surface area contributed by atoms with Crippen LogP contribution in [0.2, 0.25) is 0 Å². The van der Waals surface area contributed by atoms with Crippen molar-refractivity contribution in [2.45, 2.75) is 0 Å². The van der Waals surface area contributed by atoms with E-state index in [1.54, 1.807) is 0 Å². The summed E-state index contributed by atoms with van der Waals surface area (Å²) in [6, 6.07) is 0. The SMILES string of the molecule is NC=NC=NCC(N)=O. The Morgan fingerprint density at radius 1 is 1.67 bits per heavy atom. The monoisotopic (exact) mass is 128 g/mol. The van der Waals surface area contributed by atoms with E-state index in [-0.39, 0.29) is 6.54 Å². The predicted octanol–water partition coefficient (Wildman–Crippen LogP) is -1.51. The summed E-state index contributed by atoms with van der Waals surface area (Å²) in [5.74, 6) is -0.488. The fraction of sp³-hybridized carbons (Fsp3) is 0.250. The van der Waals surface area contributed by atoms with Crippen molar-refractivity contribution in [2.24, 2.45) is 21.5 Å². The van der Waals surface area contributed by atoms with Gasteiger partial charge in [0.05, 0.1) is 6.34 Å². The molecule has 0 saturated carbocycles. The van der Waals surface area contributed by atoms with Crippen molar-refractivity contribution in [1.29, 1.82) is 0 Å². The lowest BCUT2D eigenvalue weighted by Crippen LogP contribution is -2.13. The van der Waals surface area contributed by atoms with Gasteiger partial charge >= 0.3 is 0 Å². The van der Waals surface area contributed by atoms with Crippen molar-refractivity contribution in [3.05, 3.63) is 0 Å². The van der Waals surface area contributed by atoms with Gasteiger partial charge in [0, 0.05) is 0 Å². The van der Waals surface area contributed by atoms with Crippen molar-refractivity contribution < 1.29 is 4.79 Å². The van der Waals surface area contributed by atoms with Crippen LogP contribution in [0.5, 0.6) is 0 Å². The number of amides is 1. The second kappa shape index (κ2) is 4.76. The lowest BCUT2D eigenvalue weighted by Gasteiger charge is -1.80. The first-order valence-electron chi connectivity index (χ1n) is 2.27. The minimum absolute atomic E-state index is 0.0443. The summed E-state index contributed by atoms with van der Waals surface area (Å²) in [5.41, 5.74) is 9.59. The molecule has 0 spiro atoms. The summed E-state index contributed by atoms with van der Waals surface area (Å²) in [7, 11) is 0. The topological polar surface area (TPSA) is 93.8 Å². The van der Waals surface area contributed by atoms with Crippen LogP contribution in [0.4, 0.5) is 0 Å². The molecular formula is C4H8N4O. The molecule has 0 aromatic rings. The maximum atomic E-state index is 9.99. The van der Waals surface area contributed by atoms with E-state index in [0.717, 1.165) is 6.34 Å². The molecule has 9 heavy (non-hydrogen) atoms. The summed E-state index contributed by atoms with van der Waals surface area (Å²) in [6.45, 7) is -0.0443. The van der Waals surface area contributed by atoms with Gasteiger partial charge in [0.2, 0.25) is 5.91 Å². The molecule has 5 nitrogen and oxygen atoms in total. The Morgan fingerprint density at radius 2 is 2.33 bits per heavy atom. The molecule has 1 amide bonds. The second-order valence-corrected chi connectivity index (χ2v) is 1.22. The molecule has 0 rings (SSSR count). The van der Waals surface area contributed by atoms with Crippen LogP contribution < -0.4 is 11.5 Å². The average molecular weight is 128 g/mol. The fourth-order valence-corrected chi connectivity index (χ4v) is 0.216. The van der Waals surface area contributed by atoms with Crippen LogP contribution in [-0.2, 0) is 4.79 Å². The lowest BCUT2D eigenvalue weighted by atomic mass is 10.6. The zero-order chi connectivity index (χ0) is 7.11. The molecule has 0 aliphatic heterocycles. The van der Waals surface area contributed by atoms with Gasteiger partial charge in [-0.05, 0) is 0 Å². The molecule has 0 heterocycles. The van der Waals surface area contributed by atoms with E-state index in [2.05, 4.69) is 9.98 Å². The van der Waals surface area contributed by atoms with Gasteiger partial charge in [-0.15, -0.1) is 0 Å². The number of hydrogen-bond acceptors (Lipinski definition) is 2. The van der Waals surface area contributed by atoms with Crippen molar-refractivity contribution in [2.75, 3.05) is 6.54 Å². The minimum Gasteiger partial charge on any atom is -0.390 e. The fourth-order valence-electron chi connectivity index (χ4n) is 0.216. The highest BCUT2D eigenvalue weighted by atomic mass is 16.1. The third kappa shape index (κ3) is 6.61. The summed E-state index contributed by atoms with van der Waals surface area (Å²) >= 11 is 0. The van der Waals surface area contributed by atoms with E-state index >= 15 is 0 Å². The zero-order valence-electron chi connectivity index (χ0n) is 4.82. The normalized spacial score (nSPS) is 11.1. The molecule has 0 aromatic heterocycles. The third-order valence-corrected chi connectivity index (χ3v) is 0.482. The van der Waals surface area contributed by atoms with Gasteiger partial charge in [0.25, 0.3) is 0 Å². The summed E-state index contributed by atoms with van der Waals surface area (Å²) in [5, 5.41) is 0.